The van der Waals surface area contributed by atoms with Crippen molar-refractivity contribution < 1.29 is 18.7 Å². The minimum Gasteiger partial charge on any atom is -0.497 e. The summed E-state index contributed by atoms with van der Waals surface area (Å²) in [5.74, 6) is 0.300. The number of ether oxygens (including phenoxy) is 1. The molecule has 0 radical (unpaired) electrons. The van der Waals surface area contributed by atoms with Gasteiger partial charge in [0.2, 0.25) is 5.91 Å². The smallest absolute Gasteiger partial charge is 0.251 e. The van der Waals surface area contributed by atoms with E-state index >= 15 is 0 Å². The maximum Gasteiger partial charge on any atom is 0.251 e. The third-order valence-electron chi connectivity index (χ3n) is 3.70. The lowest BCUT2D eigenvalue weighted by atomic mass is 10.1. The highest BCUT2D eigenvalue weighted by Crippen LogP contribution is 2.13. The first-order valence-electron chi connectivity index (χ1n) is 8.03. The van der Waals surface area contributed by atoms with Crippen molar-refractivity contribution in [1.29, 1.82) is 0 Å². The van der Waals surface area contributed by atoms with Crippen LogP contribution < -0.4 is 15.4 Å². The summed E-state index contributed by atoms with van der Waals surface area (Å²) in [6, 6.07) is 11.4. The standard InChI is InChI=1S/C19H21FN2O3S/c1-25-16-9-3-13(4-10-16)18(23)22-17(11-12-26-2)19(24)21-15-7-5-14(20)6-8-15/h3-10,17H,11-12H2,1-2H3,(H,21,24)(H,22,23)/t17-/m0/s1. The van der Waals surface area contributed by atoms with E-state index in [1.54, 1.807) is 43.1 Å². The van der Waals surface area contributed by atoms with Gasteiger partial charge in [0.15, 0.2) is 0 Å². The third-order valence-corrected chi connectivity index (χ3v) is 4.34. The Kier molecular flexibility index (Phi) is 7.47. The molecule has 0 fully saturated rings. The highest BCUT2D eigenvalue weighted by molar-refractivity contribution is 7.98. The minimum absolute atomic E-state index is 0.340. The highest BCUT2D eigenvalue weighted by atomic mass is 32.2. The van der Waals surface area contributed by atoms with Crippen LogP contribution in [0, 0.1) is 5.82 Å². The minimum atomic E-state index is -0.692. The molecule has 0 unspecified atom stereocenters. The molecule has 0 aliphatic heterocycles. The summed E-state index contributed by atoms with van der Waals surface area (Å²) in [5.41, 5.74) is 0.916. The summed E-state index contributed by atoms with van der Waals surface area (Å²) in [4.78, 5) is 25.0. The first kappa shape index (κ1) is 19.8. The van der Waals surface area contributed by atoms with Gasteiger partial charge in [0.05, 0.1) is 7.11 Å². The second-order valence-electron chi connectivity index (χ2n) is 5.53. The van der Waals surface area contributed by atoms with Gasteiger partial charge in [-0.15, -0.1) is 0 Å². The SMILES string of the molecule is COc1ccc(C(=O)N[C@@H](CCSC)C(=O)Nc2ccc(F)cc2)cc1. The van der Waals surface area contributed by atoms with Crippen LogP contribution in [0.3, 0.4) is 0 Å². The van der Waals surface area contributed by atoms with Crippen LogP contribution in [-0.4, -0.2) is 37.0 Å². The maximum atomic E-state index is 13.0. The molecule has 5 nitrogen and oxygen atoms in total. The Morgan fingerprint density at radius 3 is 2.35 bits per heavy atom. The number of hydrogen-bond acceptors (Lipinski definition) is 4. The van der Waals surface area contributed by atoms with Crippen molar-refractivity contribution in [2.75, 3.05) is 24.4 Å². The lowest BCUT2D eigenvalue weighted by molar-refractivity contribution is -0.118. The second kappa shape index (κ2) is 9.82. The van der Waals surface area contributed by atoms with Crippen LogP contribution >= 0.6 is 11.8 Å². The summed E-state index contributed by atoms with van der Waals surface area (Å²) in [5, 5.41) is 5.46. The van der Waals surface area contributed by atoms with E-state index in [0.717, 1.165) is 0 Å². The summed E-state index contributed by atoms with van der Waals surface area (Å²) in [7, 11) is 1.55. The molecule has 1 atom stereocenters. The molecule has 2 amide bonds. The molecule has 2 aromatic carbocycles. The van der Waals surface area contributed by atoms with Crippen molar-refractivity contribution in [3.05, 3.63) is 59.9 Å². The van der Waals surface area contributed by atoms with E-state index in [1.807, 2.05) is 6.26 Å². The van der Waals surface area contributed by atoms with E-state index in [4.69, 9.17) is 4.74 Å². The van der Waals surface area contributed by atoms with Crippen molar-refractivity contribution in [3.8, 4) is 5.75 Å². The summed E-state index contributed by atoms with van der Waals surface area (Å²) < 4.78 is 18.1. The summed E-state index contributed by atoms with van der Waals surface area (Å²) in [6.07, 6.45) is 2.41. The molecule has 0 heterocycles. The molecule has 0 bridgehead atoms. The Morgan fingerprint density at radius 1 is 1.12 bits per heavy atom. The fourth-order valence-electron chi connectivity index (χ4n) is 2.25. The zero-order valence-electron chi connectivity index (χ0n) is 14.6. The molecule has 2 N–H and O–H groups in total. The quantitative estimate of drug-likeness (QED) is 0.742. The van der Waals surface area contributed by atoms with E-state index in [9.17, 15) is 14.0 Å². The van der Waals surface area contributed by atoms with E-state index in [-0.39, 0.29) is 17.6 Å². The number of hydrogen-bond donors (Lipinski definition) is 2. The number of rotatable bonds is 8. The molecular weight excluding hydrogens is 355 g/mol. The number of carbonyl (C=O) groups is 2. The first-order chi connectivity index (χ1) is 12.5. The van der Waals surface area contributed by atoms with Crippen LogP contribution in [0.1, 0.15) is 16.8 Å². The predicted octanol–water partition coefficient (Wildman–Crippen LogP) is 3.32. The van der Waals surface area contributed by atoms with Crippen molar-refractivity contribution in [2.24, 2.45) is 0 Å². The molecule has 138 valence electrons. The average Bonchev–Trinajstić information content (AvgIpc) is 2.66. The van der Waals surface area contributed by atoms with Crippen LogP contribution in [0.2, 0.25) is 0 Å². The Hall–Kier alpha value is -2.54. The summed E-state index contributed by atoms with van der Waals surface area (Å²) in [6.45, 7) is 0. The van der Waals surface area contributed by atoms with Crippen LogP contribution in [0.15, 0.2) is 48.5 Å². The van der Waals surface area contributed by atoms with Gasteiger partial charge in [0.25, 0.3) is 5.91 Å². The fourth-order valence-corrected chi connectivity index (χ4v) is 2.72. The number of carbonyl (C=O) groups excluding carboxylic acids is 2. The van der Waals surface area contributed by atoms with Gasteiger partial charge in [-0.25, -0.2) is 4.39 Å². The monoisotopic (exact) mass is 376 g/mol. The average molecular weight is 376 g/mol. The number of thioether (sulfide) groups is 1. The van der Waals surface area contributed by atoms with E-state index in [0.29, 0.717) is 29.2 Å². The molecule has 0 aromatic heterocycles. The number of benzene rings is 2. The van der Waals surface area contributed by atoms with Crippen molar-refractivity contribution in [1.82, 2.24) is 5.32 Å². The van der Waals surface area contributed by atoms with Gasteiger partial charge in [-0.2, -0.15) is 11.8 Å². The topological polar surface area (TPSA) is 67.4 Å². The van der Waals surface area contributed by atoms with Crippen molar-refractivity contribution >= 4 is 29.3 Å². The number of amides is 2. The van der Waals surface area contributed by atoms with Gasteiger partial charge in [-0.1, -0.05) is 0 Å². The Labute approximate surface area is 156 Å². The van der Waals surface area contributed by atoms with Crippen molar-refractivity contribution in [2.45, 2.75) is 12.5 Å². The predicted molar refractivity (Wildman–Crippen MR) is 102 cm³/mol. The van der Waals surface area contributed by atoms with Gasteiger partial charge in [-0.3, -0.25) is 9.59 Å². The fraction of sp³-hybridized carbons (Fsp3) is 0.263. The molecule has 2 aromatic rings. The van der Waals surface area contributed by atoms with Gasteiger partial charge in [0, 0.05) is 11.3 Å². The van der Waals surface area contributed by atoms with Gasteiger partial charge >= 0.3 is 0 Å². The van der Waals surface area contributed by atoms with Crippen molar-refractivity contribution in [3.63, 3.8) is 0 Å². The molecule has 7 heteroatoms. The second-order valence-corrected chi connectivity index (χ2v) is 6.52. The van der Waals surface area contributed by atoms with Crippen LogP contribution in [0.5, 0.6) is 5.75 Å². The van der Waals surface area contributed by atoms with Gasteiger partial charge in [0.1, 0.15) is 17.6 Å². The molecule has 0 aliphatic carbocycles. The molecule has 0 spiro atoms. The normalized spacial score (nSPS) is 11.5. The molecule has 0 saturated heterocycles. The van der Waals surface area contributed by atoms with E-state index in [2.05, 4.69) is 10.6 Å². The van der Waals surface area contributed by atoms with E-state index < -0.39 is 6.04 Å². The summed E-state index contributed by atoms with van der Waals surface area (Å²) >= 11 is 1.59. The zero-order valence-corrected chi connectivity index (χ0v) is 15.4. The third kappa shape index (κ3) is 5.77. The van der Waals surface area contributed by atoms with E-state index in [1.165, 1.54) is 24.3 Å². The highest BCUT2D eigenvalue weighted by Gasteiger charge is 2.21. The Morgan fingerprint density at radius 2 is 1.77 bits per heavy atom. The number of anilines is 1. The number of methoxy groups -OCH3 is 1. The molecule has 26 heavy (non-hydrogen) atoms. The largest absolute Gasteiger partial charge is 0.497 e. The van der Waals surface area contributed by atoms with Crippen LogP contribution in [0.25, 0.3) is 0 Å². The van der Waals surface area contributed by atoms with Gasteiger partial charge < -0.3 is 15.4 Å². The maximum absolute atomic E-state index is 13.0. The Bertz CT molecular complexity index is 735. The molecule has 0 saturated carbocycles. The van der Waals surface area contributed by atoms with Crippen LogP contribution in [0.4, 0.5) is 10.1 Å². The first-order valence-corrected chi connectivity index (χ1v) is 9.43. The van der Waals surface area contributed by atoms with Gasteiger partial charge in [-0.05, 0) is 67.0 Å². The lowest BCUT2D eigenvalue weighted by Gasteiger charge is -2.18. The molecule has 0 aliphatic rings. The number of halogens is 1. The number of nitrogens with one attached hydrogen (secondary N) is 2. The molecular formula is C19H21FN2O3S. The zero-order chi connectivity index (χ0) is 18.9. The van der Waals surface area contributed by atoms with Crippen LogP contribution in [-0.2, 0) is 4.79 Å². The molecule has 2 rings (SSSR count). The lowest BCUT2D eigenvalue weighted by Crippen LogP contribution is -2.44. The Balaban J connectivity index is 2.05.